The Labute approximate surface area is 130 Å². The average Bonchev–Trinajstić information content (AvgIpc) is 2.80. The maximum Gasteiger partial charge on any atom is 0.0625 e. The van der Waals surface area contributed by atoms with Gasteiger partial charge in [0.15, 0.2) is 0 Å². The Kier molecular flexibility index (Phi) is 5.05. The smallest absolute Gasteiger partial charge is 0.0625 e. The van der Waals surface area contributed by atoms with E-state index in [-0.39, 0.29) is 0 Å². The third-order valence-corrected chi connectivity index (χ3v) is 4.12. The van der Waals surface area contributed by atoms with Gasteiger partial charge in [0.05, 0.1) is 17.9 Å². The summed E-state index contributed by atoms with van der Waals surface area (Å²) in [6.07, 6.45) is 0.974. The van der Waals surface area contributed by atoms with Crippen LogP contribution in [0.3, 0.4) is 0 Å². The van der Waals surface area contributed by atoms with Crippen LogP contribution in [0.4, 0.5) is 5.69 Å². The molecule has 19 heavy (non-hydrogen) atoms. The van der Waals surface area contributed by atoms with Crippen molar-refractivity contribution >= 4 is 37.5 Å². The summed E-state index contributed by atoms with van der Waals surface area (Å²) in [4.78, 5) is 0. The van der Waals surface area contributed by atoms with Crippen molar-refractivity contribution < 1.29 is 0 Å². The highest BCUT2D eigenvalue weighted by atomic mass is 79.9. The minimum Gasteiger partial charge on any atom is -0.378 e. The maximum absolute atomic E-state index is 4.55. The van der Waals surface area contributed by atoms with E-state index >= 15 is 0 Å². The van der Waals surface area contributed by atoms with E-state index < -0.39 is 0 Å². The van der Waals surface area contributed by atoms with Gasteiger partial charge in [0.1, 0.15) is 0 Å². The number of hydrogen-bond donors (Lipinski definition) is 1. The number of anilines is 1. The number of rotatable bonds is 5. The van der Waals surface area contributed by atoms with Crippen molar-refractivity contribution in [2.45, 2.75) is 33.4 Å². The third kappa shape index (κ3) is 3.60. The summed E-state index contributed by atoms with van der Waals surface area (Å²) in [5, 5.41) is 7.99. The second-order valence-corrected chi connectivity index (χ2v) is 6.04. The summed E-state index contributed by atoms with van der Waals surface area (Å²) in [5.74, 6) is 0. The van der Waals surface area contributed by atoms with Gasteiger partial charge < -0.3 is 5.32 Å². The van der Waals surface area contributed by atoms with Crippen LogP contribution in [0.2, 0.25) is 0 Å². The Balaban J connectivity index is 2.11. The Bertz CT molecular complexity index is 564. The molecule has 0 radical (unpaired) electrons. The van der Waals surface area contributed by atoms with Crippen LogP contribution in [0, 0.1) is 0 Å². The molecule has 0 fully saturated rings. The summed E-state index contributed by atoms with van der Waals surface area (Å²) in [6, 6.07) is 8.30. The lowest BCUT2D eigenvalue weighted by Gasteiger charge is -2.10. The Morgan fingerprint density at radius 1 is 1.21 bits per heavy atom. The van der Waals surface area contributed by atoms with E-state index in [0.29, 0.717) is 0 Å². The molecule has 102 valence electrons. The fourth-order valence-corrected chi connectivity index (χ4v) is 3.11. The number of nitrogens with one attached hydrogen (secondary N) is 1. The predicted molar refractivity (Wildman–Crippen MR) is 86.4 cm³/mol. The molecule has 1 aromatic carbocycles. The van der Waals surface area contributed by atoms with Crippen LogP contribution in [0.5, 0.6) is 0 Å². The van der Waals surface area contributed by atoms with E-state index in [1.54, 1.807) is 0 Å². The quantitative estimate of drug-likeness (QED) is 0.813. The minimum absolute atomic E-state index is 0.779. The topological polar surface area (TPSA) is 29.9 Å². The first-order valence-electron chi connectivity index (χ1n) is 6.38. The molecule has 3 nitrogen and oxygen atoms in total. The van der Waals surface area contributed by atoms with Crippen molar-refractivity contribution in [3.05, 3.63) is 44.6 Å². The van der Waals surface area contributed by atoms with Crippen LogP contribution in [0.15, 0.2) is 33.2 Å². The van der Waals surface area contributed by atoms with Crippen LogP contribution in [-0.2, 0) is 19.5 Å². The van der Waals surface area contributed by atoms with E-state index in [1.807, 2.05) is 12.1 Å². The van der Waals surface area contributed by atoms with Crippen molar-refractivity contribution in [1.29, 1.82) is 0 Å². The van der Waals surface area contributed by atoms with Crippen molar-refractivity contribution in [3.63, 3.8) is 0 Å². The van der Waals surface area contributed by atoms with Crippen LogP contribution < -0.4 is 5.32 Å². The molecule has 2 rings (SSSR count). The molecule has 0 aliphatic carbocycles. The molecule has 0 aliphatic heterocycles. The molecule has 2 aromatic rings. The summed E-state index contributed by atoms with van der Waals surface area (Å²) < 4.78 is 4.18. The van der Waals surface area contributed by atoms with Crippen LogP contribution in [0.25, 0.3) is 0 Å². The number of halogens is 2. The highest BCUT2D eigenvalue weighted by molar-refractivity contribution is 9.11. The summed E-state index contributed by atoms with van der Waals surface area (Å²) in [6.45, 7) is 5.93. The van der Waals surface area contributed by atoms with Crippen molar-refractivity contribution in [2.24, 2.45) is 0 Å². The monoisotopic (exact) mass is 385 g/mol. The number of nitrogens with zero attached hydrogens (tertiary/aromatic N) is 2. The molecular formula is C14H17Br2N3. The van der Waals surface area contributed by atoms with Gasteiger partial charge in [0, 0.05) is 21.2 Å². The van der Waals surface area contributed by atoms with Gasteiger partial charge in [-0.15, -0.1) is 0 Å². The highest BCUT2D eigenvalue weighted by Crippen LogP contribution is 2.26. The van der Waals surface area contributed by atoms with Gasteiger partial charge >= 0.3 is 0 Å². The first-order valence-corrected chi connectivity index (χ1v) is 7.97. The third-order valence-electron chi connectivity index (χ3n) is 2.97. The van der Waals surface area contributed by atoms with Gasteiger partial charge in [-0.2, -0.15) is 5.10 Å². The normalized spacial score (nSPS) is 10.7. The molecule has 0 aliphatic rings. The Morgan fingerprint density at radius 2 is 2.00 bits per heavy atom. The molecular weight excluding hydrogens is 370 g/mol. The molecule has 1 aromatic heterocycles. The minimum atomic E-state index is 0.779. The molecule has 0 saturated heterocycles. The van der Waals surface area contributed by atoms with Crippen LogP contribution in [-0.4, -0.2) is 9.78 Å². The lowest BCUT2D eigenvalue weighted by Crippen LogP contribution is -2.08. The molecule has 0 unspecified atom stereocenters. The van der Waals surface area contributed by atoms with Gasteiger partial charge in [0.25, 0.3) is 0 Å². The molecule has 0 amide bonds. The van der Waals surface area contributed by atoms with Gasteiger partial charge in [-0.05, 0) is 53.5 Å². The van der Waals surface area contributed by atoms with Crippen molar-refractivity contribution in [2.75, 3.05) is 5.32 Å². The number of aryl methyl sites for hydroxylation is 2. The average molecular weight is 387 g/mol. The van der Waals surface area contributed by atoms with Crippen LogP contribution >= 0.6 is 31.9 Å². The first kappa shape index (κ1) is 14.6. The molecule has 1 N–H and O–H groups in total. The van der Waals surface area contributed by atoms with Crippen molar-refractivity contribution in [1.82, 2.24) is 9.78 Å². The van der Waals surface area contributed by atoms with Gasteiger partial charge in [-0.3, -0.25) is 4.68 Å². The second-order valence-electron chi connectivity index (χ2n) is 4.27. The van der Waals surface area contributed by atoms with Gasteiger partial charge in [0.2, 0.25) is 0 Å². The van der Waals surface area contributed by atoms with E-state index in [0.717, 1.165) is 39.8 Å². The SMILES string of the molecule is CCc1cc(CNc2ccc(Br)cc2Br)n(CC)n1. The van der Waals surface area contributed by atoms with Crippen molar-refractivity contribution in [3.8, 4) is 0 Å². The fraction of sp³-hybridized carbons (Fsp3) is 0.357. The maximum atomic E-state index is 4.55. The fourth-order valence-electron chi connectivity index (χ4n) is 1.92. The summed E-state index contributed by atoms with van der Waals surface area (Å²) in [5.41, 5.74) is 3.45. The highest BCUT2D eigenvalue weighted by Gasteiger charge is 2.06. The summed E-state index contributed by atoms with van der Waals surface area (Å²) >= 11 is 7.02. The van der Waals surface area contributed by atoms with Gasteiger partial charge in [-0.25, -0.2) is 0 Å². The van der Waals surface area contributed by atoms with Crippen LogP contribution in [0.1, 0.15) is 25.2 Å². The van der Waals surface area contributed by atoms with E-state index in [4.69, 9.17) is 0 Å². The number of aromatic nitrogens is 2. The lowest BCUT2D eigenvalue weighted by atomic mass is 10.3. The van der Waals surface area contributed by atoms with Gasteiger partial charge in [-0.1, -0.05) is 22.9 Å². The first-order chi connectivity index (χ1) is 9.13. The zero-order valence-corrected chi connectivity index (χ0v) is 14.3. The van der Waals surface area contributed by atoms with E-state index in [9.17, 15) is 0 Å². The largest absolute Gasteiger partial charge is 0.378 e. The molecule has 0 saturated carbocycles. The van der Waals surface area contributed by atoms with E-state index in [2.05, 4.69) is 72.9 Å². The summed E-state index contributed by atoms with van der Waals surface area (Å²) in [7, 11) is 0. The predicted octanol–water partition coefficient (Wildman–Crippen LogP) is 4.60. The second kappa shape index (κ2) is 6.57. The zero-order valence-electron chi connectivity index (χ0n) is 11.1. The number of benzene rings is 1. The molecule has 0 atom stereocenters. The molecule has 0 bridgehead atoms. The van der Waals surface area contributed by atoms with E-state index in [1.165, 1.54) is 5.69 Å². The molecule has 1 heterocycles. The zero-order chi connectivity index (χ0) is 13.8. The standard InChI is InChI=1S/C14H17Br2N3/c1-3-11-8-12(19(4-2)18-11)9-17-14-6-5-10(15)7-13(14)16/h5-8,17H,3-4,9H2,1-2H3. The molecule has 0 spiro atoms. The Morgan fingerprint density at radius 3 is 2.63 bits per heavy atom. The molecule has 5 heteroatoms. The Hall–Kier alpha value is -0.810. The number of hydrogen-bond acceptors (Lipinski definition) is 2. The lowest BCUT2D eigenvalue weighted by molar-refractivity contribution is 0.619.